The maximum Gasteiger partial charge on any atom is 0.225 e. The van der Waals surface area contributed by atoms with Crippen LogP contribution in [0, 0.1) is 0 Å². The Bertz CT molecular complexity index is 872. The van der Waals surface area contributed by atoms with Gasteiger partial charge in [-0.05, 0) is 36.4 Å². The van der Waals surface area contributed by atoms with Crippen LogP contribution in [-0.4, -0.2) is 42.9 Å². The lowest BCUT2D eigenvalue weighted by Crippen LogP contribution is -2.36. The van der Waals surface area contributed by atoms with Gasteiger partial charge in [-0.3, -0.25) is 4.79 Å². The normalized spacial score (nSPS) is 14.4. The van der Waals surface area contributed by atoms with Gasteiger partial charge in [0.05, 0.1) is 23.4 Å². The fraction of sp³-hybridized carbons (Fsp3) is 0.300. The van der Waals surface area contributed by atoms with E-state index < -0.39 is 0 Å². The number of carbonyl (C=O) groups excluding carboxylic acids is 1. The zero-order valence-electron chi connectivity index (χ0n) is 14.9. The predicted octanol–water partition coefficient (Wildman–Crippen LogP) is 4.25. The van der Waals surface area contributed by atoms with Crippen molar-refractivity contribution in [2.75, 3.05) is 42.3 Å². The third-order valence-electron chi connectivity index (χ3n) is 4.36. The predicted molar refractivity (Wildman–Crippen MR) is 113 cm³/mol. The number of carbonyl (C=O) groups is 1. The molecular formula is C20H21N3O2S2. The molecule has 1 saturated heterocycles. The standard InChI is InChI=1S/C20H21N3O2S2/c24-19(9-14-26-20-22-17-3-1-2-4-18(17)27-20)21-15-5-7-16(8-6-15)23-10-12-25-13-11-23/h1-8H,9-14H2,(H,21,24). The van der Waals surface area contributed by atoms with Crippen LogP contribution in [0.25, 0.3) is 10.2 Å². The number of benzene rings is 2. The average Bonchev–Trinajstić information content (AvgIpc) is 3.12. The molecule has 140 valence electrons. The molecule has 0 aliphatic carbocycles. The van der Waals surface area contributed by atoms with Crippen molar-refractivity contribution in [2.24, 2.45) is 0 Å². The molecule has 0 spiro atoms. The van der Waals surface area contributed by atoms with E-state index in [0.717, 1.165) is 47.6 Å². The van der Waals surface area contributed by atoms with Crippen LogP contribution in [0.2, 0.25) is 0 Å². The monoisotopic (exact) mass is 399 g/mol. The highest BCUT2D eigenvalue weighted by Crippen LogP contribution is 2.29. The van der Waals surface area contributed by atoms with Gasteiger partial charge in [0, 0.05) is 36.6 Å². The van der Waals surface area contributed by atoms with Crippen molar-refractivity contribution in [1.82, 2.24) is 4.98 Å². The van der Waals surface area contributed by atoms with Crippen LogP contribution in [-0.2, 0) is 9.53 Å². The van der Waals surface area contributed by atoms with Crippen LogP contribution < -0.4 is 10.2 Å². The molecule has 3 aromatic rings. The maximum absolute atomic E-state index is 12.2. The van der Waals surface area contributed by atoms with Crippen molar-refractivity contribution < 1.29 is 9.53 Å². The highest BCUT2D eigenvalue weighted by Gasteiger charge is 2.11. The lowest BCUT2D eigenvalue weighted by atomic mass is 10.2. The number of morpholine rings is 1. The molecule has 0 radical (unpaired) electrons. The molecular weight excluding hydrogens is 378 g/mol. The van der Waals surface area contributed by atoms with Gasteiger partial charge in [-0.25, -0.2) is 4.98 Å². The van der Waals surface area contributed by atoms with Crippen LogP contribution >= 0.6 is 23.1 Å². The molecule has 1 amide bonds. The summed E-state index contributed by atoms with van der Waals surface area (Å²) in [4.78, 5) is 19.1. The number of nitrogens with one attached hydrogen (secondary N) is 1. The quantitative estimate of drug-likeness (QED) is 0.628. The minimum atomic E-state index is 0.0303. The highest BCUT2D eigenvalue weighted by molar-refractivity contribution is 8.01. The summed E-state index contributed by atoms with van der Waals surface area (Å²) in [6.45, 7) is 3.36. The van der Waals surface area contributed by atoms with Crippen molar-refractivity contribution in [3.63, 3.8) is 0 Å². The number of anilines is 2. The molecule has 0 bridgehead atoms. The first kappa shape index (κ1) is 18.3. The molecule has 0 atom stereocenters. The Morgan fingerprint density at radius 3 is 2.70 bits per heavy atom. The Kier molecular flexibility index (Phi) is 5.91. The van der Waals surface area contributed by atoms with Crippen LogP contribution in [0.5, 0.6) is 0 Å². The minimum absolute atomic E-state index is 0.0303. The molecule has 7 heteroatoms. The molecule has 5 nitrogen and oxygen atoms in total. The van der Waals surface area contributed by atoms with Gasteiger partial charge >= 0.3 is 0 Å². The summed E-state index contributed by atoms with van der Waals surface area (Å²) in [6.07, 6.45) is 0.464. The summed E-state index contributed by atoms with van der Waals surface area (Å²) >= 11 is 3.31. The fourth-order valence-corrected chi connectivity index (χ4v) is 5.02. The third-order valence-corrected chi connectivity index (χ3v) is 6.54. The van der Waals surface area contributed by atoms with Gasteiger partial charge in [0.15, 0.2) is 4.34 Å². The van der Waals surface area contributed by atoms with E-state index in [4.69, 9.17) is 4.74 Å². The van der Waals surface area contributed by atoms with Crippen LogP contribution in [0.3, 0.4) is 0 Å². The first-order valence-electron chi connectivity index (χ1n) is 8.99. The Morgan fingerprint density at radius 2 is 1.93 bits per heavy atom. The molecule has 1 aromatic heterocycles. The summed E-state index contributed by atoms with van der Waals surface area (Å²) in [5.74, 6) is 0.750. The second-order valence-electron chi connectivity index (χ2n) is 6.24. The van der Waals surface area contributed by atoms with Gasteiger partial charge in [0.25, 0.3) is 0 Å². The molecule has 2 heterocycles. The molecule has 27 heavy (non-hydrogen) atoms. The maximum atomic E-state index is 12.2. The zero-order valence-corrected chi connectivity index (χ0v) is 16.5. The number of nitrogens with zero attached hydrogens (tertiary/aromatic N) is 2. The number of ether oxygens (including phenoxy) is 1. The van der Waals surface area contributed by atoms with Crippen molar-refractivity contribution >= 4 is 50.6 Å². The molecule has 1 aliphatic heterocycles. The van der Waals surface area contributed by atoms with Crippen LogP contribution in [0.1, 0.15) is 6.42 Å². The van der Waals surface area contributed by atoms with Crippen molar-refractivity contribution in [1.29, 1.82) is 0 Å². The number of hydrogen-bond donors (Lipinski definition) is 1. The van der Waals surface area contributed by atoms with E-state index in [-0.39, 0.29) is 5.91 Å². The topological polar surface area (TPSA) is 54.5 Å². The fourth-order valence-electron chi connectivity index (χ4n) is 2.94. The molecule has 1 N–H and O–H groups in total. The second-order valence-corrected chi connectivity index (χ2v) is 8.61. The number of fused-ring (bicyclic) bond motifs is 1. The molecule has 0 saturated carbocycles. The molecule has 2 aromatic carbocycles. The third kappa shape index (κ3) is 4.80. The van der Waals surface area contributed by atoms with Gasteiger partial charge in [0.2, 0.25) is 5.91 Å². The van der Waals surface area contributed by atoms with Gasteiger partial charge in [-0.2, -0.15) is 0 Å². The lowest BCUT2D eigenvalue weighted by molar-refractivity contribution is -0.115. The first-order valence-corrected chi connectivity index (χ1v) is 10.8. The van der Waals surface area contributed by atoms with E-state index in [2.05, 4.69) is 33.4 Å². The summed E-state index contributed by atoms with van der Waals surface area (Å²) < 4.78 is 7.58. The highest BCUT2D eigenvalue weighted by atomic mass is 32.2. The Morgan fingerprint density at radius 1 is 1.15 bits per heavy atom. The number of aromatic nitrogens is 1. The van der Waals surface area contributed by atoms with Crippen molar-refractivity contribution in [3.8, 4) is 0 Å². The smallest absolute Gasteiger partial charge is 0.225 e. The largest absolute Gasteiger partial charge is 0.378 e. The van der Waals surface area contributed by atoms with E-state index in [1.807, 2.05) is 30.3 Å². The van der Waals surface area contributed by atoms with Gasteiger partial charge in [-0.1, -0.05) is 23.9 Å². The number of thiazole rings is 1. The molecule has 4 rings (SSSR count). The summed E-state index contributed by atoms with van der Waals surface area (Å²) in [5, 5.41) is 2.97. The zero-order chi connectivity index (χ0) is 18.5. The number of rotatable bonds is 6. The Balaban J connectivity index is 1.25. The number of para-hydroxylation sites is 1. The van der Waals surface area contributed by atoms with E-state index >= 15 is 0 Å². The first-order chi connectivity index (χ1) is 13.3. The lowest BCUT2D eigenvalue weighted by Gasteiger charge is -2.28. The minimum Gasteiger partial charge on any atom is -0.378 e. The summed E-state index contributed by atoms with van der Waals surface area (Å²) in [7, 11) is 0. The Labute approximate surface area is 166 Å². The van der Waals surface area contributed by atoms with Crippen molar-refractivity contribution in [3.05, 3.63) is 48.5 Å². The van der Waals surface area contributed by atoms with Crippen LogP contribution in [0.15, 0.2) is 52.9 Å². The van der Waals surface area contributed by atoms with Gasteiger partial charge < -0.3 is 15.0 Å². The SMILES string of the molecule is O=C(CCSc1nc2ccccc2s1)Nc1ccc(N2CCOCC2)cc1. The van der Waals surface area contributed by atoms with Crippen molar-refractivity contribution in [2.45, 2.75) is 10.8 Å². The number of thioether (sulfide) groups is 1. The molecule has 0 unspecified atom stereocenters. The average molecular weight is 400 g/mol. The van der Waals surface area contributed by atoms with E-state index in [1.54, 1.807) is 23.1 Å². The summed E-state index contributed by atoms with van der Waals surface area (Å²) in [5.41, 5.74) is 3.03. The molecule has 1 aliphatic rings. The van der Waals surface area contributed by atoms with Gasteiger partial charge in [0.1, 0.15) is 0 Å². The van der Waals surface area contributed by atoms with E-state index in [1.165, 1.54) is 10.4 Å². The van der Waals surface area contributed by atoms with E-state index in [0.29, 0.717) is 6.42 Å². The second kappa shape index (κ2) is 8.73. The van der Waals surface area contributed by atoms with Crippen LogP contribution in [0.4, 0.5) is 11.4 Å². The van der Waals surface area contributed by atoms with E-state index in [9.17, 15) is 4.79 Å². The molecule has 1 fully saturated rings. The number of hydrogen-bond acceptors (Lipinski definition) is 6. The summed E-state index contributed by atoms with van der Waals surface area (Å²) in [6, 6.07) is 16.1. The Hall–Kier alpha value is -2.09. The van der Waals surface area contributed by atoms with Gasteiger partial charge in [-0.15, -0.1) is 11.3 Å². The number of amides is 1.